The summed E-state index contributed by atoms with van der Waals surface area (Å²) in [4.78, 5) is 77.6. The highest BCUT2D eigenvalue weighted by Crippen LogP contribution is 2.38. The fraction of sp³-hybridized carbons (Fsp3) is 0.423. The van der Waals surface area contributed by atoms with Crippen molar-refractivity contribution in [2.24, 2.45) is 5.41 Å². The molecule has 19 heteroatoms. The van der Waals surface area contributed by atoms with Gasteiger partial charge in [-0.05, 0) is 105 Å². The molecule has 4 aromatic rings. The molecule has 71 heavy (non-hydrogen) atoms. The van der Waals surface area contributed by atoms with Crippen molar-refractivity contribution < 1.29 is 43.0 Å². The zero-order valence-electron chi connectivity index (χ0n) is 40.7. The van der Waals surface area contributed by atoms with E-state index in [1.807, 2.05) is 76.2 Å². The van der Waals surface area contributed by atoms with Crippen LogP contribution >= 0.6 is 23.8 Å². The van der Waals surface area contributed by atoms with Gasteiger partial charge in [-0.25, -0.2) is 4.98 Å². The average molecular weight is 1010 g/mol. The summed E-state index contributed by atoms with van der Waals surface area (Å²) in [5, 5.41) is 26.0. The first kappa shape index (κ1) is 52.2. The van der Waals surface area contributed by atoms with Crippen LogP contribution < -0.4 is 25.2 Å². The van der Waals surface area contributed by atoms with Crippen LogP contribution in [0.2, 0.25) is 5.02 Å². The van der Waals surface area contributed by atoms with E-state index in [9.17, 15) is 34.3 Å². The molecule has 2 saturated heterocycles. The zero-order valence-corrected chi connectivity index (χ0v) is 42.3. The normalized spacial score (nSPS) is 18.3. The van der Waals surface area contributed by atoms with Crippen LogP contribution in [0.5, 0.6) is 5.75 Å². The number of hydrogen-bond donors (Lipinski definition) is 3. The Bertz CT molecular complexity index is 2730. The number of unbranched alkanes of at least 4 members (excludes halogenated alkanes) is 1. The molecule has 1 aromatic heterocycles. The van der Waals surface area contributed by atoms with Crippen molar-refractivity contribution in [3.63, 3.8) is 0 Å². The highest BCUT2D eigenvalue weighted by molar-refractivity contribution is 7.81. The summed E-state index contributed by atoms with van der Waals surface area (Å²) in [6.07, 6.45) is 4.36. The Hall–Kier alpha value is -6.65. The Balaban J connectivity index is 0.813. The molecule has 0 radical (unpaired) electrons. The van der Waals surface area contributed by atoms with Gasteiger partial charge in [0, 0.05) is 63.3 Å². The van der Waals surface area contributed by atoms with Crippen molar-refractivity contribution in [2.75, 3.05) is 42.6 Å². The fourth-order valence-electron chi connectivity index (χ4n) is 8.76. The largest absolute Gasteiger partial charge is 0.462 e. The van der Waals surface area contributed by atoms with Gasteiger partial charge >= 0.3 is 0 Å². The molecule has 0 spiro atoms. The van der Waals surface area contributed by atoms with Crippen LogP contribution in [0.1, 0.15) is 83.5 Å². The van der Waals surface area contributed by atoms with E-state index in [-0.39, 0.29) is 54.7 Å². The molecule has 0 saturated carbocycles. The summed E-state index contributed by atoms with van der Waals surface area (Å²) >= 11 is 12.1. The molecule has 3 aliphatic rings. The number of aryl methyl sites for hydroxylation is 1. The lowest BCUT2D eigenvalue weighted by Gasteiger charge is -2.35. The van der Waals surface area contributed by atoms with E-state index in [0.717, 1.165) is 22.6 Å². The van der Waals surface area contributed by atoms with E-state index >= 15 is 0 Å². The minimum atomic E-state index is -1.00. The van der Waals surface area contributed by atoms with Crippen molar-refractivity contribution >= 4 is 69.8 Å². The maximum Gasteiger partial charge on any atom is 0.259 e. The summed E-state index contributed by atoms with van der Waals surface area (Å²) in [7, 11) is 0. The predicted molar refractivity (Wildman–Crippen MR) is 270 cm³/mol. The number of benzene rings is 3. The summed E-state index contributed by atoms with van der Waals surface area (Å²) in [6.45, 7) is 11.9. The number of nitrogens with one attached hydrogen (secondary N) is 2. The van der Waals surface area contributed by atoms with Gasteiger partial charge in [-0.1, -0.05) is 56.6 Å². The Morgan fingerprint density at radius 3 is 2.41 bits per heavy atom. The van der Waals surface area contributed by atoms with Crippen LogP contribution in [0.3, 0.4) is 0 Å². The number of amides is 5. The first-order valence-electron chi connectivity index (χ1n) is 23.5. The van der Waals surface area contributed by atoms with E-state index in [1.54, 1.807) is 54.0 Å². The van der Waals surface area contributed by atoms with Gasteiger partial charge in [0.2, 0.25) is 23.6 Å². The number of rotatable bonds is 17. The summed E-state index contributed by atoms with van der Waals surface area (Å²) < 4.78 is 17.3. The second-order valence-corrected chi connectivity index (χ2v) is 20.2. The van der Waals surface area contributed by atoms with Crippen LogP contribution in [0.25, 0.3) is 11.3 Å². The predicted octanol–water partition coefficient (Wildman–Crippen LogP) is 6.58. The van der Waals surface area contributed by atoms with Gasteiger partial charge in [0.05, 0.1) is 28.1 Å². The zero-order chi connectivity index (χ0) is 51.2. The molecule has 2 fully saturated rings. The van der Waals surface area contributed by atoms with E-state index in [2.05, 4.69) is 15.6 Å². The minimum Gasteiger partial charge on any atom is -0.462 e. The molecule has 17 nitrogen and oxygen atoms in total. The number of oxazole rings is 1. The van der Waals surface area contributed by atoms with Crippen molar-refractivity contribution in [1.29, 1.82) is 5.26 Å². The number of thiocarbonyl (C=S) groups is 1. The average Bonchev–Trinajstić information content (AvgIpc) is 4.00. The van der Waals surface area contributed by atoms with Crippen LogP contribution in [-0.4, -0.2) is 111 Å². The summed E-state index contributed by atoms with van der Waals surface area (Å²) in [5.74, 6) is 0.383. The van der Waals surface area contributed by atoms with Crippen LogP contribution in [-0.2, 0) is 35.3 Å². The molecule has 3 aliphatic heterocycles. The van der Waals surface area contributed by atoms with Crippen LogP contribution in [0.4, 0.5) is 11.4 Å². The first-order chi connectivity index (χ1) is 33.8. The van der Waals surface area contributed by atoms with Crippen molar-refractivity contribution in [3.05, 3.63) is 107 Å². The SMILES string of the molecule is Cc1ncoc1-c1ccc(CNC(=O)[C@@H]2C[C@@H](O)CN2C(=O)[C@@H](NC(=O)COCCCCC(=O)N2CC=C(Oc3ccc(N4C(=S)N(c5ccc(C#N)c(Cl)c5)C(=O)C4(C)C)cc3)CC2)C(C)(C)C)cc1. The monoisotopic (exact) mass is 1010 g/mol. The number of aliphatic hydroxyl groups excluding tert-OH is 1. The molecule has 3 atom stereocenters. The van der Waals surface area contributed by atoms with Gasteiger partial charge in [0.1, 0.15) is 41.8 Å². The first-order valence-corrected chi connectivity index (χ1v) is 24.3. The number of anilines is 2. The molecule has 3 aromatic carbocycles. The highest BCUT2D eigenvalue weighted by Gasteiger charge is 2.50. The lowest BCUT2D eigenvalue weighted by molar-refractivity contribution is -0.144. The number of nitriles is 1. The number of ether oxygens (including phenoxy) is 2. The van der Waals surface area contributed by atoms with E-state index in [1.165, 1.54) is 16.2 Å². The number of carbonyl (C=O) groups excluding carboxylic acids is 5. The van der Waals surface area contributed by atoms with Gasteiger partial charge in [-0.15, -0.1) is 0 Å². The minimum absolute atomic E-state index is 0.00296. The number of hydrogen-bond acceptors (Lipinski definition) is 12. The van der Waals surface area contributed by atoms with E-state index in [4.69, 9.17) is 37.7 Å². The molecule has 374 valence electrons. The maximum absolute atomic E-state index is 14.0. The second kappa shape index (κ2) is 22.2. The van der Waals surface area contributed by atoms with Crippen LogP contribution in [0, 0.1) is 23.7 Å². The van der Waals surface area contributed by atoms with Gasteiger partial charge in [0.25, 0.3) is 5.91 Å². The second-order valence-electron chi connectivity index (χ2n) is 19.4. The van der Waals surface area contributed by atoms with Gasteiger partial charge in [0.15, 0.2) is 17.3 Å². The molecule has 4 heterocycles. The Labute approximate surface area is 423 Å². The van der Waals surface area contributed by atoms with Crippen LogP contribution in [0.15, 0.2) is 89.4 Å². The maximum atomic E-state index is 14.0. The van der Waals surface area contributed by atoms with Gasteiger partial charge < -0.3 is 44.3 Å². The lowest BCUT2D eigenvalue weighted by Crippen LogP contribution is -2.58. The Morgan fingerprint density at radius 2 is 1.77 bits per heavy atom. The smallest absolute Gasteiger partial charge is 0.259 e. The number of likely N-dealkylation sites (tertiary alicyclic amines) is 1. The number of nitrogens with zero attached hydrogens (tertiary/aromatic N) is 6. The number of β-amino-alcohol motifs (C(OH)–C–C–N with tert-alkyl or cyclic N) is 1. The summed E-state index contributed by atoms with van der Waals surface area (Å²) in [6, 6.07) is 19.6. The topological polar surface area (TPSA) is 211 Å². The fourth-order valence-corrected chi connectivity index (χ4v) is 9.50. The van der Waals surface area contributed by atoms with E-state index in [0.29, 0.717) is 67.2 Å². The molecule has 0 unspecified atom stereocenters. The third kappa shape index (κ3) is 12.1. The lowest BCUT2D eigenvalue weighted by atomic mass is 9.85. The van der Waals surface area contributed by atoms with Crippen molar-refractivity contribution in [3.8, 4) is 23.1 Å². The summed E-state index contributed by atoms with van der Waals surface area (Å²) in [5.41, 5.74) is 2.20. The van der Waals surface area contributed by atoms with Crippen molar-refractivity contribution in [2.45, 2.75) is 104 Å². The Kier molecular flexibility index (Phi) is 16.3. The Morgan fingerprint density at radius 1 is 1.06 bits per heavy atom. The third-order valence-electron chi connectivity index (χ3n) is 12.7. The standard InChI is InChI=1S/C52H59ClN8O9S/c1-32-45(69-31-56-32)34-12-10-33(11-13-34)28-55-47(65)42-26-38(62)29-59(42)48(66)46(51(2,3)4)57-43(63)30-68-24-8-7-9-44(64)58-22-20-40(21-23-58)70-39-18-16-36(17-19-39)61-50(71)60(49(67)52(61,5)6)37-15-14-35(27-54)41(53)25-37/h10-20,25,31,38,42,46,62H,7-9,21-24,26,28-30H2,1-6H3,(H,55,65)(H,57,63)/t38-,42+,46-/m1/s1. The molecule has 0 aliphatic carbocycles. The quantitative estimate of drug-likeness (QED) is 0.0755. The molecular formula is C52H59ClN8O9S. The number of carbonyl (C=O) groups is 5. The number of aromatic nitrogens is 1. The number of halogens is 1. The molecule has 3 N–H and O–H groups in total. The molecule has 7 rings (SSSR count). The third-order valence-corrected chi connectivity index (χ3v) is 13.4. The molecule has 0 bridgehead atoms. The molecular weight excluding hydrogens is 948 g/mol. The number of aliphatic hydroxyl groups is 1. The van der Waals surface area contributed by atoms with E-state index < -0.39 is 46.9 Å². The highest BCUT2D eigenvalue weighted by atomic mass is 35.5. The van der Waals surface area contributed by atoms with Crippen molar-refractivity contribution in [1.82, 2.24) is 25.4 Å². The van der Waals surface area contributed by atoms with Gasteiger partial charge in [-0.2, -0.15) is 5.26 Å². The molecule has 5 amide bonds. The van der Waals surface area contributed by atoms with Gasteiger partial charge in [-0.3, -0.25) is 28.9 Å².